The third kappa shape index (κ3) is 6.88. The van der Waals surface area contributed by atoms with E-state index in [4.69, 9.17) is 9.84 Å². The molecule has 0 rings (SSSR count). The first-order chi connectivity index (χ1) is 7.94. The lowest BCUT2D eigenvalue weighted by Gasteiger charge is -2.20. The molecule has 6 nitrogen and oxygen atoms in total. The predicted molar refractivity (Wildman–Crippen MR) is 68.8 cm³/mol. The Hall–Kier alpha value is -1.59. The van der Waals surface area contributed by atoms with E-state index >= 15 is 0 Å². The number of rotatable bonds is 3. The molecule has 6 heteroatoms. The van der Waals surface area contributed by atoms with Crippen LogP contribution in [0, 0.1) is 5.41 Å². The van der Waals surface area contributed by atoms with Crippen LogP contribution in [0.25, 0.3) is 0 Å². The predicted octanol–water partition coefficient (Wildman–Crippen LogP) is 2.04. The van der Waals surface area contributed by atoms with E-state index in [-0.39, 0.29) is 6.54 Å². The van der Waals surface area contributed by atoms with Gasteiger partial charge in [0.2, 0.25) is 0 Å². The monoisotopic (exact) mass is 258 g/mol. The summed E-state index contributed by atoms with van der Waals surface area (Å²) < 4.78 is 5.01. The van der Waals surface area contributed by atoms with Gasteiger partial charge < -0.3 is 15.2 Å². The fraction of sp³-hybridized carbons (Fsp3) is 0.750. The molecule has 18 heavy (non-hydrogen) atoms. The standard InChI is InChI=1S/C12H22N2O4/c1-8(13-7-12(5,6)9(15)16)14-10(17)18-11(2,3)4/h7H2,1-6H3,(H,15,16)(H,13,14,17). The molecule has 1 amide bonds. The second kappa shape index (κ2) is 5.84. The highest BCUT2D eigenvalue weighted by molar-refractivity contribution is 5.90. The molecule has 0 aliphatic carbocycles. The van der Waals surface area contributed by atoms with Gasteiger partial charge in [0.1, 0.15) is 11.4 Å². The van der Waals surface area contributed by atoms with Crippen molar-refractivity contribution in [3.63, 3.8) is 0 Å². The Labute approximate surface area is 107 Å². The maximum Gasteiger partial charge on any atom is 0.435 e. The van der Waals surface area contributed by atoms with Crippen LogP contribution < -0.4 is 5.32 Å². The quantitative estimate of drug-likeness (QED) is 0.597. The molecule has 0 saturated carbocycles. The molecular formula is C12H22N2O4. The molecule has 0 radical (unpaired) electrons. The lowest BCUT2D eigenvalue weighted by Crippen LogP contribution is -2.38. The summed E-state index contributed by atoms with van der Waals surface area (Å²) in [6.45, 7) is 10.2. The van der Waals surface area contributed by atoms with Crippen LogP contribution in [0.3, 0.4) is 0 Å². The maximum atomic E-state index is 11.4. The van der Waals surface area contributed by atoms with Crippen molar-refractivity contribution in [1.82, 2.24) is 5.32 Å². The lowest BCUT2D eigenvalue weighted by atomic mass is 9.94. The van der Waals surface area contributed by atoms with Gasteiger partial charge >= 0.3 is 12.1 Å². The molecule has 0 aromatic heterocycles. The van der Waals surface area contributed by atoms with Crippen LogP contribution in [-0.2, 0) is 9.53 Å². The van der Waals surface area contributed by atoms with E-state index in [9.17, 15) is 9.59 Å². The Morgan fingerprint density at radius 3 is 2.11 bits per heavy atom. The molecule has 0 fully saturated rings. The summed E-state index contributed by atoms with van der Waals surface area (Å²) in [6.07, 6.45) is -0.694. The first kappa shape index (κ1) is 16.4. The zero-order chi connectivity index (χ0) is 14.6. The average Bonchev–Trinajstić information content (AvgIpc) is 2.11. The van der Waals surface area contributed by atoms with E-state index in [0.29, 0.717) is 5.84 Å². The Kier molecular flexibility index (Phi) is 5.32. The largest absolute Gasteiger partial charge is 0.481 e. The van der Waals surface area contributed by atoms with Gasteiger partial charge in [-0.2, -0.15) is 4.99 Å². The van der Waals surface area contributed by atoms with Crippen molar-refractivity contribution in [3.05, 3.63) is 0 Å². The van der Waals surface area contributed by atoms with Crippen molar-refractivity contribution >= 4 is 17.9 Å². The zero-order valence-corrected chi connectivity index (χ0v) is 11.8. The first-order valence-electron chi connectivity index (χ1n) is 5.69. The summed E-state index contributed by atoms with van der Waals surface area (Å²) in [6, 6.07) is 0. The van der Waals surface area contributed by atoms with Crippen LogP contribution in [0.2, 0.25) is 0 Å². The highest BCUT2D eigenvalue weighted by Gasteiger charge is 2.26. The summed E-state index contributed by atoms with van der Waals surface area (Å²) in [5.41, 5.74) is -1.52. The van der Waals surface area contributed by atoms with Crippen LogP contribution in [0.4, 0.5) is 4.79 Å². The number of nitrogens with zero attached hydrogens (tertiary/aromatic N) is 1. The number of aliphatic carboxylic acids is 1. The third-order valence-corrected chi connectivity index (χ3v) is 2.02. The molecule has 0 heterocycles. The summed E-state index contributed by atoms with van der Waals surface area (Å²) >= 11 is 0. The molecule has 104 valence electrons. The highest BCUT2D eigenvalue weighted by atomic mass is 16.6. The Bertz CT molecular complexity index is 354. The van der Waals surface area contributed by atoms with Crippen molar-refractivity contribution in [2.45, 2.75) is 47.1 Å². The van der Waals surface area contributed by atoms with Gasteiger partial charge in [-0.15, -0.1) is 0 Å². The number of carbonyl (C=O) groups is 2. The average molecular weight is 258 g/mol. The number of carbonyl (C=O) groups excluding carboxylic acids is 1. The van der Waals surface area contributed by atoms with Crippen LogP contribution in [0.1, 0.15) is 41.5 Å². The van der Waals surface area contributed by atoms with Crippen molar-refractivity contribution in [2.75, 3.05) is 6.54 Å². The number of carboxylic acids is 1. The Morgan fingerprint density at radius 2 is 1.72 bits per heavy atom. The molecule has 0 atom stereocenters. The van der Waals surface area contributed by atoms with E-state index in [0.717, 1.165) is 0 Å². The van der Waals surface area contributed by atoms with Gasteiger partial charge in [0, 0.05) is 6.54 Å². The van der Waals surface area contributed by atoms with Crippen molar-refractivity contribution in [1.29, 1.82) is 0 Å². The molecule has 0 aromatic carbocycles. The summed E-state index contributed by atoms with van der Waals surface area (Å²) in [5.74, 6) is -0.585. The molecule has 0 saturated heterocycles. The zero-order valence-electron chi connectivity index (χ0n) is 11.8. The van der Waals surface area contributed by atoms with Gasteiger partial charge in [-0.25, -0.2) is 4.79 Å². The van der Waals surface area contributed by atoms with Crippen LogP contribution >= 0.6 is 0 Å². The fourth-order valence-corrected chi connectivity index (χ4v) is 0.886. The van der Waals surface area contributed by atoms with Crippen molar-refractivity contribution in [2.24, 2.45) is 10.4 Å². The number of aliphatic imine (C=N–C) groups is 1. The van der Waals surface area contributed by atoms with Crippen molar-refractivity contribution in [3.8, 4) is 0 Å². The normalized spacial score (nSPS) is 13.1. The smallest absolute Gasteiger partial charge is 0.435 e. The molecule has 0 bridgehead atoms. The van der Waals surface area contributed by atoms with Gasteiger partial charge in [0.05, 0.1) is 5.41 Å². The fourth-order valence-electron chi connectivity index (χ4n) is 0.886. The number of hydrogen-bond donors (Lipinski definition) is 2. The topological polar surface area (TPSA) is 88.0 Å². The number of ether oxygens (including phenoxy) is 1. The minimum atomic E-state index is -0.926. The van der Waals surface area contributed by atoms with Gasteiger partial charge in [0.15, 0.2) is 0 Å². The number of carboxylic acid groups (broad SMARTS) is 1. The number of nitrogens with one attached hydrogen (secondary N) is 1. The van der Waals surface area contributed by atoms with Gasteiger partial charge in [-0.05, 0) is 41.5 Å². The second-order valence-electron chi connectivity index (χ2n) is 5.72. The summed E-state index contributed by atoms with van der Waals surface area (Å²) in [4.78, 5) is 25.9. The molecule has 0 unspecified atom stereocenters. The van der Waals surface area contributed by atoms with E-state index in [1.807, 2.05) is 0 Å². The van der Waals surface area contributed by atoms with Gasteiger partial charge in [-0.1, -0.05) is 0 Å². The van der Waals surface area contributed by atoms with E-state index in [1.54, 1.807) is 41.5 Å². The van der Waals surface area contributed by atoms with Crippen molar-refractivity contribution < 1.29 is 19.4 Å². The lowest BCUT2D eigenvalue weighted by molar-refractivity contribution is -0.146. The Balaban J connectivity index is 4.38. The van der Waals surface area contributed by atoms with E-state index in [2.05, 4.69) is 10.3 Å². The van der Waals surface area contributed by atoms with Gasteiger partial charge in [0.25, 0.3) is 0 Å². The van der Waals surface area contributed by atoms with Crippen LogP contribution in [-0.4, -0.2) is 35.2 Å². The number of amidine groups is 1. The third-order valence-electron chi connectivity index (χ3n) is 2.02. The minimum absolute atomic E-state index is 0.181. The van der Waals surface area contributed by atoms with E-state index in [1.165, 1.54) is 0 Å². The van der Waals surface area contributed by atoms with Crippen LogP contribution in [0.15, 0.2) is 4.99 Å². The molecular weight excluding hydrogens is 236 g/mol. The van der Waals surface area contributed by atoms with E-state index < -0.39 is 23.1 Å². The Morgan fingerprint density at radius 1 is 1.22 bits per heavy atom. The number of hydrogen-bond acceptors (Lipinski definition) is 3. The summed E-state index contributed by atoms with van der Waals surface area (Å²) in [7, 11) is 0. The summed E-state index contributed by atoms with van der Waals surface area (Å²) in [5, 5.41) is 11.7. The van der Waals surface area contributed by atoms with Gasteiger partial charge in [-0.3, -0.25) is 4.79 Å². The molecule has 0 aliphatic heterocycles. The number of amides is 1. The SMILES string of the molecule is C/C(=N\C(=O)OC(C)(C)C)NCC(C)(C)C(=O)O. The molecule has 2 N–H and O–H groups in total. The molecule has 0 aromatic rings. The maximum absolute atomic E-state index is 11.4. The molecule has 0 spiro atoms. The minimum Gasteiger partial charge on any atom is -0.481 e. The second-order valence-corrected chi connectivity index (χ2v) is 5.72. The highest BCUT2D eigenvalue weighted by Crippen LogP contribution is 2.13. The first-order valence-corrected chi connectivity index (χ1v) is 5.69. The molecule has 0 aliphatic rings. The van der Waals surface area contributed by atoms with Crippen LogP contribution in [0.5, 0.6) is 0 Å².